The Labute approximate surface area is 113 Å². The smallest absolute Gasteiger partial charge is 0.434 e. The monoisotopic (exact) mass is 278 g/mol. The fourth-order valence-corrected chi connectivity index (χ4v) is 0.821. The fraction of sp³-hybridized carbons (Fsp3) is 0.833. The maximum Gasteiger partial charge on any atom is 0.508 e. The van der Waals surface area contributed by atoms with Crippen molar-refractivity contribution >= 4 is 12.3 Å². The average Bonchev–Trinajstić information content (AvgIpc) is 2.38. The molecule has 0 rings (SSSR count). The minimum Gasteiger partial charge on any atom is -0.434 e. The Kier molecular flexibility index (Phi) is 9.60. The molecule has 1 unspecified atom stereocenters. The minimum atomic E-state index is -0.831. The van der Waals surface area contributed by atoms with Crippen LogP contribution in [0.4, 0.5) is 9.59 Å². The van der Waals surface area contributed by atoms with Gasteiger partial charge in [0.2, 0.25) is 0 Å². The lowest BCUT2D eigenvalue weighted by Gasteiger charge is -2.10. The Bertz CT molecular complexity index is 265. The minimum absolute atomic E-state index is 0.0775. The van der Waals surface area contributed by atoms with Crippen molar-refractivity contribution in [2.75, 3.05) is 33.5 Å². The maximum absolute atomic E-state index is 11.1. The largest absolute Gasteiger partial charge is 0.508 e. The third-order valence-electron chi connectivity index (χ3n) is 1.90. The standard InChI is InChI=1S/C12H22O7/c1-9(2)7-18-11(13)16-5-6-17-12(14)19-8-10(3)15-4/h9-10H,5-8H2,1-4H3. The second-order valence-electron chi connectivity index (χ2n) is 4.26. The van der Waals surface area contributed by atoms with Crippen molar-refractivity contribution in [3.8, 4) is 0 Å². The third-order valence-corrected chi connectivity index (χ3v) is 1.90. The maximum atomic E-state index is 11.1. The van der Waals surface area contributed by atoms with Crippen LogP contribution in [0.2, 0.25) is 0 Å². The number of carbonyl (C=O) groups excluding carboxylic acids is 2. The molecule has 0 aromatic carbocycles. The predicted octanol–water partition coefficient (Wildman–Crippen LogP) is 1.98. The quantitative estimate of drug-likeness (QED) is 0.496. The van der Waals surface area contributed by atoms with Crippen molar-refractivity contribution in [1.29, 1.82) is 0 Å². The topological polar surface area (TPSA) is 80.3 Å². The van der Waals surface area contributed by atoms with E-state index in [1.54, 1.807) is 6.92 Å². The molecule has 0 spiro atoms. The fourth-order valence-electron chi connectivity index (χ4n) is 0.821. The Morgan fingerprint density at radius 2 is 1.32 bits per heavy atom. The molecule has 112 valence electrons. The van der Waals surface area contributed by atoms with E-state index < -0.39 is 12.3 Å². The molecule has 1 atom stereocenters. The highest BCUT2D eigenvalue weighted by atomic mass is 16.7. The summed E-state index contributed by atoms with van der Waals surface area (Å²) in [5.41, 5.74) is 0. The molecule has 0 bridgehead atoms. The van der Waals surface area contributed by atoms with Crippen LogP contribution in [-0.2, 0) is 23.7 Å². The molecule has 0 N–H and O–H groups in total. The first-order valence-electron chi connectivity index (χ1n) is 6.07. The van der Waals surface area contributed by atoms with E-state index in [0.717, 1.165) is 0 Å². The number of ether oxygens (including phenoxy) is 5. The van der Waals surface area contributed by atoms with Crippen LogP contribution in [-0.4, -0.2) is 52.0 Å². The van der Waals surface area contributed by atoms with Gasteiger partial charge in [0.25, 0.3) is 0 Å². The van der Waals surface area contributed by atoms with E-state index in [9.17, 15) is 9.59 Å². The summed E-state index contributed by atoms with van der Waals surface area (Å²) in [4.78, 5) is 22.1. The Hall–Kier alpha value is -1.50. The molecule has 0 saturated heterocycles. The molecule has 0 heterocycles. The number of hydrogen-bond acceptors (Lipinski definition) is 7. The molecule has 0 aromatic rings. The molecule has 0 fully saturated rings. The first-order valence-corrected chi connectivity index (χ1v) is 6.07. The molecule has 0 aliphatic carbocycles. The van der Waals surface area contributed by atoms with Gasteiger partial charge in [-0.2, -0.15) is 0 Å². The molecule has 19 heavy (non-hydrogen) atoms. The van der Waals surface area contributed by atoms with E-state index in [-0.39, 0.29) is 38.4 Å². The van der Waals surface area contributed by atoms with Gasteiger partial charge in [-0.25, -0.2) is 9.59 Å². The summed E-state index contributed by atoms with van der Waals surface area (Å²) in [5, 5.41) is 0. The van der Waals surface area contributed by atoms with Crippen LogP contribution in [0.25, 0.3) is 0 Å². The van der Waals surface area contributed by atoms with Gasteiger partial charge >= 0.3 is 12.3 Å². The molecule has 7 heteroatoms. The van der Waals surface area contributed by atoms with Gasteiger partial charge in [-0.1, -0.05) is 13.8 Å². The average molecular weight is 278 g/mol. The van der Waals surface area contributed by atoms with Crippen LogP contribution in [0.1, 0.15) is 20.8 Å². The summed E-state index contributed by atoms with van der Waals surface area (Å²) >= 11 is 0. The van der Waals surface area contributed by atoms with Gasteiger partial charge in [0, 0.05) is 7.11 Å². The zero-order valence-electron chi connectivity index (χ0n) is 11.8. The lowest BCUT2D eigenvalue weighted by molar-refractivity contribution is -0.00465. The van der Waals surface area contributed by atoms with E-state index in [1.165, 1.54) is 7.11 Å². The third kappa shape index (κ3) is 11.3. The van der Waals surface area contributed by atoms with Gasteiger partial charge in [0.1, 0.15) is 19.8 Å². The van der Waals surface area contributed by atoms with Gasteiger partial charge in [0.15, 0.2) is 0 Å². The van der Waals surface area contributed by atoms with Gasteiger partial charge < -0.3 is 23.7 Å². The number of carbonyl (C=O) groups is 2. The molecule has 7 nitrogen and oxygen atoms in total. The Morgan fingerprint density at radius 3 is 1.74 bits per heavy atom. The Balaban J connectivity index is 3.47. The summed E-state index contributed by atoms with van der Waals surface area (Å²) in [6.07, 6.45) is -1.81. The van der Waals surface area contributed by atoms with Crippen molar-refractivity contribution < 1.29 is 33.3 Å². The van der Waals surface area contributed by atoms with Crippen LogP contribution in [0.3, 0.4) is 0 Å². The van der Waals surface area contributed by atoms with Gasteiger partial charge in [-0.3, -0.25) is 0 Å². The van der Waals surface area contributed by atoms with Crippen molar-refractivity contribution in [3.05, 3.63) is 0 Å². The predicted molar refractivity (Wildman–Crippen MR) is 65.9 cm³/mol. The van der Waals surface area contributed by atoms with E-state index in [2.05, 4.69) is 9.47 Å². The first-order chi connectivity index (χ1) is 8.95. The molecular formula is C12H22O7. The van der Waals surface area contributed by atoms with Crippen molar-refractivity contribution in [2.45, 2.75) is 26.9 Å². The van der Waals surface area contributed by atoms with Crippen LogP contribution in [0.15, 0.2) is 0 Å². The second-order valence-corrected chi connectivity index (χ2v) is 4.26. The van der Waals surface area contributed by atoms with Crippen LogP contribution in [0.5, 0.6) is 0 Å². The number of methoxy groups -OCH3 is 1. The van der Waals surface area contributed by atoms with Crippen LogP contribution in [0, 0.1) is 5.92 Å². The lowest BCUT2D eigenvalue weighted by atomic mass is 10.2. The highest BCUT2D eigenvalue weighted by molar-refractivity contribution is 5.60. The van der Waals surface area contributed by atoms with Crippen molar-refractivity contribution in [2.24, 2.45) is 5.92 Å². The summed E-state index contributed by atoms with van der Waals surface area (Å²) in [7, 11) is 1.51. The SMILES string of the molecule is COC(C)COC(=O)OCCOC(=O)OCC(C)C. The highest BCUT2D eigenvalue weighted by Gasteiger charge is 2.09. The molecule has 0 radical (unpaired) electrons. The highest BCUT2D eigenvalue weighted by Crippen LogP contribution is 1.96. The first kappa shape index (κ1) is 17.5. The van der Waals surface area contributed by atoms with Crippen LogP contribution >= 0.6 is 0 Å². The van der Waals surface area contributed by atoms with E-state index in [4.69, 9.17) is 14.2 Å². The van der Waals surface area contributed by atoms with E-state index >= 15 is 0 Å². The molecular weight excluding hydrogens is 256 g/mol. The Morgan fingerprint density at radius 1 is 0.842 bits per heavy atom. The zero-order valence-corrected chi connectivity index (χ0v) is 11.8. The van der Waals surface area contributed by atoms with Gasteiger partial charge in [-0.15, -0.1) is 0 Å². The van der Waals surface area contributed by atoms with Gasteiger partial charge in [-0.05, 0) is 12.8 Å². The second kappa shape index (κ2) is 10.4. The molecule has 0 aliphatic rings. The molecule has 0 amide bonds. The summed E-state index contributed by atoms with van der Waals surface area (Å²) in [6, 6.07) is 0. The normalized spacial score (nSPS) is 11.8. The molecule has 0 saturated carbocycles. The number of rotatable bonds is 8. The van der Waals surface area contributed by atoms with E-state index in [0.29, 0.717) is 0 Å². The summed E-state index contributed by atoms with van der Waals surface area (Å²) in [5.74, 6) is 0.238. The molecule has 0 aliphatic heterocycles. The summed E-state index contributed by atoms with van der Waals surface area (Å²) < 4.78 is 23.7. The summed E-state index contributed by atoms with van der Waals surface area (Å²) in [6.45, 7) is 5.80. The molecule has 0 aromatic heterocycles. The lowest BCUT2D eigenvalue weighted by Crippen LogP contribution is -2.20. The van der Waals surface area contributed by atoms with Crippen molar-refractivity contribution in [3.63, 3.8) is 0 Å². The number of hydrogen-bond donors (Lipinski definition) is 0. The van der Waals surface area contributed by atoms with Crippen molar-refractivity contribution in [1.82, 2.24) is 0 Å². The zero-order chi connectivity index (χ0) is 14.7. The van der Waals surface area contributed by atoms with Crippen LogP contribution < -0.4 is 0 Å². The van der Waals surface area contributed by atoms with E-state index in [1.807, 2.05) is 13.8 Å². The van der Waals surface area contributed by atoms with Gasteiger partial charge in [0.05, 0.1) is 12.7 Å².